The molecule has 2 amide bonds. The third kappa shape index (κ3) is 3.54. The van der Waals surface area contributed by atoms with Crippen molar-refractivity contribution in [2.45, 2.75) is 26.4 Å². The Bertz CT molecular complexity index is 537. The number of aromatic nitrogens is 3. The highest BCUT2D eigenvalue weighted by Gasteiger charge is 2.10. The summed E-state index contributed by atoms with van der Waals surface area (Å²) in [6, 6.07) is 3.41. The van der Waals surface area contributed by atoms with E-state index in [1.807, 2.05) is 26.0 Å². The zero-order chi connectivity index (χ0) is 13.7. The topological polar surface area (TPSA) is 71.8 Å². The predicted molar refractivity (Wildman–Crippen MR) is 72.7 cm³/mol. The number of hydrogen-bond donors (Lipinski definition) is 2. The van der Waals surface area contributed by atoms with Gasteiger partial charge in [-0.25, -0.2) is 4.79 Å². The lowest BCUT2D eigenvalue weighted by Crippen LogP contribution is -2.31. The zero-order valence-corrected chi connectivity index (χ0v) is 11.0. The second-order valence-electron chi connectivity index (χ2n) is 4.19. The monoisotopic (exact) mass is 259 g/mol. The lowest BCUT2D eigenvalue weighted by Gasteiger charge is -2.13. The molecule has 2 heterocycles. The summed E-state index contributed by atoms with van der Waals surface area (Å²) >= 11 is 0. The summed E-state index contributed by atoms with van der Waals surface area (Å²) in [5.41, 5.74) is 1.64. The minimum Gasteiger partial charge on any atom is -0.331 e. The van der Waals surface area contributed by atoms with Gasteiger partial charge in [0.15, 0.2) is 0 Å². The van der Waals surface area contributed by atoms with Crippen molar-refractivity contribution < 1.29 is 4.79 Å². The van der Waals surface area contributed by atoms with Gasteiger partial charge in [0.1, 0.15) is 0 Å². The number of amides is 2. The number of carbonyl (C=O) groups is 1. The van der Waals surface area contributed by atoms with Crippen molar-refractivity contribution in [3.8, 4) is 0 Å². The Kier molecular flexibility index (Phi) is 4.12. The van der Waals surface area contributed by atoms with E-state index in [-0.39, 0.29) is 12.1 Å². The molecule has 0 saturated heterocycles. The highest BCUT2D eigenvalue weighted by molar-refractivity contribution is 5.89. The van der Waals surface area contributed by atoms with Gasteiger partial charge in [0.2, 0.25) is 0 Å². The van der Waals surface area contributed by atoms with Crippen LogP contribution in [-0.2, 0) is 6.54 Å². The Hall–Kier alpha value is -2.37. The van der Waals surface area contributed by atoms with E-state index in [0.29, 0.717) is 5.69 Å². The molecule has 0 spiro atoms. The third-order valence-corrected chi connectivity index (χ3v) is 2.75. The molecule has 0 saturated carbocycles. The van der Waals surface area contributed by atoms with E-state index in [1.165, 1.54) is 0 Å². The first kappa shape index (κ1) is 13.1. The molecule has 2 aromatic rings. The number of carbonyl (C=O) groups excluding carboxylic acids is 1. The molecule has 0 aliphatic rings. The molecule has 0 unspecified atom stereocenters. The summed E-state index contributed by atoms with van der Waals surface area (Å²) < 4.78 is 1.75. The van der Waals surface area contributed by atoms with Gasteiger partial charge in [0.25, 0.3) is 0 Å². The van der Waals surface area contributed by atoms with Crippen LogP contribution in [-0.4, -0.2) is 20.8 Å². The van der Waals surface area contributed by atoms with Crippen molar-refractivity contribution in [1.82, 2.24) is 20.1 Å². The van der Waals surface area contributed by atoms with E-state index in [2.05, 4.69) is 20.7 Å². The van der Waals surface area contributed by atoms with Gasteiger partial charge in [-0.1, -0.05) is 6.07 Å². The molecule has 0 fully saturated rings. The first-order chi connectivity index (χ1) is 9.19. The molecule has 19 heavy (non-hydrogen) atoms. The van der Waals surface area contributed by atoms with Crippen molar-refractivity contribution in [1.29, 1.82) is 0 Å². The Morgan fingerprint density at radius 3 is 2.95 bits per heavy atom. The molecule has 6 nitrogen and oxygen atoms in total. The van der Waals surface area contributed by atoms with Crippen LogP contribution in [0.1, 0.15) is 25.5 Å². The van der Waals surface area contributed by atoms with Gasteiger partial charge < -0.3 is 10.6 Å². The molecule has 6 heteroatoms. The number of urea groups is 1. The molecular weight excluding hydrogens is 242 g/mol. The number of nitrogens with zero attached hydrogens (tertiary/aromatic N) is 3. The predicted octanol–water partition coefficient (Wildman–Crippen LogP) is 2.18. The van der Waals surface area contributed by atoms with Crippen LogP contribution in [0, 0.1) is 0 Å². The highest BCUT2D eigenvalue weighted by Crippen LogP contribution is 2.10. The van der Waals surface area contributed by atoms with E-state index in [0.717, 1.165) is 12.1 Å². The average Bonchev–Trinajstić information content (AvgIpc) is 2.87. The molecule has 0 radical (unpaired) electrons. The molecule has 2 N–H and O–H groups in total. The molecule has 100 valence electrons. The fourth-order valence-corrected chi connectivity index (χ4v) is 1.68. The Morgan fingerprint density at radius 1 is 1.47 bits per heavy atom. The van der Waals surface area contributed by atoms with Gasteiger partial charge >= 0.3 is 6.03 Å². The van der Waals surface area contributed by atoms with Gasteiger partial charge in [-0.15, -0.1) is 0 Å². The van der Waals surface area contributed by atoms with Crippen LogP contribution in [0.4, 0.5) is 10.5 Å². The smallest absolute Gasteiger partial charge is 0.319 e. The number of anilines is 1. The van der Waals surface area contributed by atoms with Gasteiger partial charge in [0, 0.05) is 25.1 Å². The summed E-state index contributed by atoms with van der Waals surface area (Å²) in [5, 5.41) is 9.68. The van der Waals surface area contributed by atoms with Gasteiger partial charge in [-0.05, 0) is 25.5 Å². The van der Waals surface area contributed by atoms with E-state index < -0.39 is 0 Å². The molecule has 2 aromatic heterocycles. The molecule has 0 aliphatic carbocycles. The number of hydrogen-bond acceptors (Lipinski definition) is 3. The lowest BCUT2D eigenvalue weighted by molar-refractivity contribution is 0.249. The number of rotatable bonds is 4. The molecule has 0 aliphatic heterocycles. The van der Waals surface area contributed by atoms with Crippen LogP contribution >= 0.6 is 0 Å². The van der Waals surface area contributed by atoms with Crippen molar-refractivity contribution in [2.24, 2.45) is 0 Å². The van der Waals surface area contributed by atoms with Crippen LogP contribution in [0.2, 0.25) is 0 Å². The summed E-state index contributed by atoms with van der Waals surface area (Å²) in [7, 11) is 0. The fraction of sp³-hybridized carbons (Fsp3) is 0.308. The number of aryl methyl sites for hydroxylation is 1. The highest BCUT2D eigenvalue weighted by atomic mass is 16.2. The molecule has 0 aromatic carbocycles. The normalized spacial score (nSPS) is 11.9. The standard InChI is InChI=1S/C13H17N5O/c1-3-18-9-12(8-15-18)17-13(19)16-10(2)11-5-4-6-14-7-11/h4-10H,3H2,1-2H3,(H2,16,17,19)/t10-/m0/s1. The summed E-state index contributed by atoms with van der Waals surface area (Å²) in [6.45, 7) is 4.67. The fourth-order valence-electron chi connectivity index (χ4n) is 1.68. The first-order valence-corrected chi connectivity index (χ1v) is 6.19. The van der Waals surface area contributed by atoms with Gasteiger partial charge in [-0.3, -0.25) is 9.67 Å². The van der Waals surface area contributed by atoms with Crippen LogP contribution < -0.4 is 10.6 Å². The maximum atomic E-state index is 11.8. The van der Waals surface area contributed by atoms with Crippen molar-refractivity contribution in [3.05, 3.63) is 42.5 Å². The third-order valence-electron chi connectivity index (χ3n) is 2.75. The van der Waals surface area contributed by atoms with Crippen LogP contribution in [0.5, 0.6) is 0 Å². The SMILES string of the molecule is CCn1cc(NC(=O)N[C@@H](C)c2cccnc2)cn1. The lowest BCUT2D eigenvalue weighted by atomic mass is 10.1. The van der Waals surface area contributed by atoms with Crippen molar-refractivity contribution >= 4 is 11.7 Å². The quantitative estimate of drug-likeness (QED) is 0.884. The summed E-state index contributed by atoms with van der Waals surface area (Å²) in [4.78, 5) is 15.8. The number of pyridine rings is 1. The molecular formula is C13H17N5O. The largest absolute Gasteiger partial charge is 0.331 e. The second kappa shape index (κ2) is 5.99. The first-order valence-electron chi connectivity index (χ1n) is 6.19. The van der Waals surface area contributed by atoms with Crippen molar-refractivity contribution in [3.63, 3.8) is 0 Å². The van der Waals surface area contributed by atoms with E-state index in [9.17, 15) is 4.79 Å². The Balaban J connectivity index is 1.91. The van der Waals surface area contributed by atoms with Gasteiger partial charge in [-0.2, -0.15) is 5.10 Å². The molecule has 2 rings (SSSR count). The van der Waals surface area contributed by atoms with E-state index in [1.54, 1.807) is 29.5 Å². The Morgan fingerprint density at radius 2 is 2.32 bits per heavy atom. The summed E-state index contributed by atoms with van der Waals surface area (Å²) in [6.07, 6.45) is 6.85. The Labute approximate surface area is 111 Å². The minimum absolute atomic E-state index is 0.102. The average molecular weight is 259 g/mol. The maximum Gasteiger partial charge on any atom is 0.319 e. The van der Waals surface area contributed by atoms with Crippen LogP contribution in [0.3, 0.4) is 0 Å². The number of nitrogens with one attached hydrogen (secondary N) is 2. The van der Waals surface area contributed by atoms with E-state index >= 15 is 0 Å². The van der Waals surface area contributed by atoms with E-state index in [4.69, 9.17) is 0 Å². The molecule has 0 bridgehead atoms. The van der Waals surface area contributed by atoms with Crippen LogP contribution in [0.15, 0.2) is 36.9 Å². The van der Waals surface area contributed by atoms with Crippen molar-refractivity contribution in [2.75, 3.05) is 5.32 Å². The summed E-state index contributed by atoms with van der Waals surface area (Å²) in [5.74, 6) is 0. The molecule has 1 atom stereocenters. The second-order valence-corrected chi connectivity index (χ2v) is 4.19. The zero-order valence-electron chi connectivity index (χ0n) is 11.0. The van der Waals surface area contributed by atoms with Crippen LogP contribution in [0.25, 0.3) is 0 Å². The maximum absolute atomic E-state index is 11.8. The van der Waals surface area contributed by atoms with Gasteiger partial charge in [0.05, 0.1) is 17.9 Å². The minimum atomic E-state index is -0.257.